The number of nitrogens with one attached hydrogen (secondary N) is 1. The first-order valence-electron chi connectivity index (χ1n) is 8.08. The molecule has 1 aliphatic carbocycles. The summed E-state index contributed by atoms with van der Waals surface area (Å²) in [5.41, 5.74) is 1.38. The molecule has 4 atom stereocenters. The molecule has 0 amide bonds. The number of rotatable bonds is 4. The van der Waals surface area contributed by atoms with Crippen molar-refractivity contribution in [1.29, 1.82) is 0 Å². The van der Waals surface area contributed by atoms with E-state index >= 15 is 0 Å². The zero-order valence-electron chi connectivity index (χ0n) is 13.0. The third-order valence-electron chi connectivity index (χ3n) is 4.77. The quantitative estimate of drug-likeness (QED) is 0.813. The molecule has 2 heteroatoms. The molecule has 1 nitrogen and oxygen atoms in total. The van der Waals surface area contributed by atoms with E-state index in [0.717, 1.165) is 11.8 Å². The maximum atomic E-state index is 3.96. The Kier molecular flexibility index (Phi) is 4.77. The van der Waals surface area contributed by atoms with Crippen molar-refractivity contribution in [2.24, 2.45) is 11.8 Å². The van der Waals surface area contributed by atoms with Crippen LogP contribution in [0.1, 0.15) is 49.6 Å². The van der Waals surface area contributed by atoms with E-state index in [2.05, 4.69) is 67.0 Å². The third kappa shape index (κ3) is 3.56. The lowest BCUT2D eigenvalue weighted by Crippen LogP contribution is -2.41. The predicted molar refractivity (Wildman–Crippen MR) is 91.7 cm³/mol. The van der Waals surface area contributed by atoms with Gasteiger partial charge in [0.15, 0.2) is 0 Å². The van der Waals surface area contributed by atoms with Gasteiger partial charge in [0.05, 0.1) is 6.04 Å². The average molecular weight is 299 g/mol. The van der Waals surface area contributed by atoms with Gasteiger partial charge in [0.2, 0.25) is 0 Å². The Morgan fingerprint density at radius 1 is 1.05 bits per heavy atom. The summed E-state index contributed by atoms with van der Waals surface area (Å²) >= 11 is 1.85. The van der Waals surface area contributed by atoms with Crippen LogP contribution in [-0.4, -0.2) is 6.04 Å². The summed E-state index contributed by atoms with van der Waals surface area (Å²) in [5, 5.41) is 6.14. The van der Waals surface area contributed by atoms with Gasteiger partial charge in [-0.05, 0) is 48.1 Å². The minimum Gasteiger partial charge on any atom is -0.303 e. The summed E-state index contributed by atoms with van der Waals surface area (Å²) in [6.07, 6.45) is 4.01. The van der Waals surface area contributed by atoms with Gasteiger partial charge in [-0.15, -0.1) is 11.3 Å². The van der Waals surface area contributed by atoms with E-state index in [1.807, 2.05) is 11.3 Å². The van der Waals surface area contributed by atoms with Crippen LogP contribution in [0.15, 0.2) is 47.8 Å². The van der Waals surface area contributed by atoms with Crippen LogP contribution in [0.3, 0.4) is 0 Å². The molecule has 3 rings (SSSR count). The van der Waals surface area contributed by atoms with E-state index in [4.69, 9.17) is 0 Å². The van der Waals surface area contributed by atoms with Gasteiger partial charge in [0.1, 0.15) is 0 Å². The Morgan fingerprint density at radius 2 is 1.86 bits per heavy atom. The zero-order chi connectivity index (χ0) is 14.7. The minimum atomic E-state index is 0.340. The highest BCUT2D eigenvalue weighted by molar-refractivity contribution is 7.10. The molecule has 0 radical (unpaired) electrons. The van der Waals surface area contributed by atoms with Crippen molar-refractivity contribution in [3.8, 4) is 0 Å². The van der Waals surface area contributed by atoms with Gasteiger partial charge in [0, 0.05) is 10.9 Å². The lowest BCUT2D eigenvalue weighted by molar-refractivity contribution is 0.220. The highest BCUT2D eigenvalue weighted by atomic mass is 32.1. The van der Waals surface area contributed by atoms with Crippen molar-refractivity contribution < 1.29 is 0 Å². The molecule has 1 fully saturated rings. The molecule has 1 aliphatic rings. The van der Waals surface area contributed by atoms with E-state index in [-0.39, 0.29) is 0 Å². The van der Waals surface area contributed by atoms with E-state index in [1.165, 1.54) is 29.7 Å². The summed E-state index contributed by atoms with van der Waals surface area (Å²) in [6.45, 7) is 4.80. The van der Waals surface area contributed by atoms with E-state index < -0.39 is 0 Å². The van der Waals surface area contributed by atoms with Crippen LogP contribution in [0.5, 0.6) is 0 Å². The van der Waals surface area contributed by atoms with Gasteiger partial charge in [0.25, 0.3) is 0 Å². The first-order valence-corrected chi connectivity index (χ1v) is 8.96. The number of hydrogen-bond acceptors (Lipinski definition) is 2. The van der Waals surface area contributed by atoms with Crippen LogP contribution >= 0.6 is 11.3 Å². The summed E-state index contributed by atoms with van der Waals surface area (Å²) in [5.74, 6) is 1.65. The normalized spacial score (nSPS) is 27.4. The molecule has 0 saturated heterocycles. The highest BCUT2D eigenvalue weighted by Crippen LogP contribution is 2.33. The SMILES string of the molecule is CC1CCC(NC(c2ccccc2)c2cccs2)C(C)C1. The van der Waals surface area contributed by atoms with Gasteiger partial charge in [-0.3, -0.25) is 0 Å². The van der Waals surface area contributed by atoms with Crippen LogP contribution in [0.4, 0.5) is 0 Å². The van der Waals surface area contributed by atoms with Crippen LogP contribution in [0.2, 0.25) is 0 Å². The summed E-state index contributed by atoms with van der Waals surface area (Å²) < 4.78 is 0. The van der Waals surface area contributed by atoms with Gasteiger partial charge in [-0.1, -0.05) is 50.2 Å². The molecule has 21 heavy (non-hydrogen) atoms. The molecule has 1 N–H and O–H groups in total. The first kappa shape index (κ1) is 14.8. The minimum absolute atomic E-state index is 0.340. The first-order chi connectivity index (χ1) is 10.2. The molecule has 1 saturated carbocycles. The summed E-state index contributed by atoms with van der Waals surface area (Å²) in [6, 6.07) is 16.3. The Morgan fingerprint density at radius 3 is 2.52 bits per heavy atom. The topological polar surface area (TPSA) is 12.0 Å². The van der Waals surface area contributed by atoms with Gasteiger partial charge in [-0.2, -0.15) is 0 Å². The van der Waals surface area contributed by atoms with Crippen molar-refractivity contribution in [1.82, 2.24) is 5.32 Å². The largest absolute Gasteiger partial charge is 0.303 e. The lowest BCUT2D eigenvalue weighted by Gasteiger charge is -2.36. The predicted octanol–water partition coefficient (Wildman–Crippen LogP) is 5.25. The fraction of sp³-hybridized carbons (Fsp3) is 0.474. The number of thiophene rings is 1. The molecule has 1 aromatic heterocycles. The van der Waals surface area contributed by atoms with Crippen molar-refractivity contribution in [2.75, 3.05) is 0 Å². The fourth-order valence-electron chi connectivity index (χ4n) is 3.57. The maximum Gasteiger partial charge on any atom is 0.0673 e. The Bertz CT molecular complexity index is 534. The molecule has 4 unspecified atom stereocenters. The van der Waals surface area contributed by atoms with Gasteiger partial charge >= 0.3 is 0 Å². The Balaban J connectivity index is 1.80. The zero-order valence-corrected chi connectivity index (χ0v) is 13.8. The van der Waals surface area contributed by atoms with Gasteiger partial charge in [-0.25, -0.2) is 0 Å². The van der Waals surface area contributed by atoms with Crippen LogP contribution in [-0.2, 0) is 0 Å². The summed E-state index contributed by atoms with van der Waals surface area (Å²) in [7, 11) is 0. The second kappa shape index (κ2) is 6.76. The molecule has 2 aromatic rings. The van der Waals surface area contributed by atoms with Crippen molar-refractivity contribution in [3.05, 3.63) is 58.3 Å². The fourth-order valence-corrected chi connectivity index (χ4v) is 4.38. The van der Waals surface area contributed by atoms with Crippen LogP contribution in [0, 0.1) is 11.8 Å². The Labute approximate surface area is 132 Å². The molecule has 1 aromatic carbocycles. The van der Waals surface area contributed by atoms with E-state index in [9.17, 15) is 0 Å². The molecular weight excluding hydrogens is 274 g/mol. The highest BCUT2D eigenvalue weighted by Gasteiger charge is 2.28. The average Bonchev–Trinajstić information content (AvgIpc) is 3.01. The monoisotopic (exact) mass is 299 g/mol. The van der Waals surface area contributed by atoms with Crippen molar-refractivity contribution in [2.45, 2.75) is 45.2 Å². The second-order valence-electron chi connectivity index (χ2n) is 6.53. The molecule has 0 bridgehead atoms. The third-order valence-corrected chi connectivity index (χ3v) is 5.71. The number of benzene rings is 1. The molecule has 0 aliphatic heterocycles. The maximum absolute atomic E-state index is 3.96. The molecule has 0 spiro atoms. The smallest absolute Gasteiger partial charge is 0.0673 e. The Hall–Kier alpha value is -1.12. The second-order valence-corrected chi connectivity index (χ2v) is 7.51. The summed E-state index contributed by atoms with van der Waals surface area (Å²) in [4.78, 5) is 1.42. The van der Waals surface area contributed by atoms with Crippen LogP contribution < -0.4 is 5.32 Å². The molecule has 1 heterocycles. The van der Waals surface area contributed by atoms with E-state index in [0.29, 0.717) is 12.1 Å². The van der Waals surface area contributed by atoms with Gasteiger partial charge < -0.3 is 5.32 Å². The van der Waals surface area contributed by atoms with E-state index in [1.54, 1.807) is 0 Å². The number of hydrogen-bond donors (Lipinski definition) is 1. The van der Waals surface area contributed by atoms with Crippen LogP contribution in [0.25, 0.3) is 0 Å². The molecular formula is C19H25NS. The standard InChI is InChI=1S/C19H25NS/c1-14-10-11-17(15(2)13-14)20-19(18-9-6-12-21-18)16-7-4-3-5-8-16/h3-9,12,14-15,17,19-20H,10-11,13H2,1-2H3. The van der Waals surface area contributed by atoms with Crippen molar-refractivity contribution in [3.63, 3.8) is 0 Å². The van der Waals surface area contributed by atoms with Crippen molar-refractivity contribution >= 4 is 11.3 Å². The lowest BCUT2D eigenvalue weighted by atomic mass is 9.79. The molecule has 112 valence electrons.